The molecule has 1 aromatic carbocycles. The summed E-state index contributed by atoms with van der Waals surface area (Å²) in [7, 11) is 0. The van der Waals surface area contributed by atoms with Gasteiger partial charge in [0.05, 0.1) is 5.60 Å². The van der Waals surface area contributed by atoms with Gasteiger partial charge < -0.3 is 5.11 Å². The highest BCUT2D eigenvalue weighted by Gasteiger charge is 2.49. The first kappa shape index (κ1) is 12.8. The van der Waals surface area contributed by atoms with Gasteiger partial charge in [0.25, 0.3) is 0 Å². The van der Waals surface area contributed by atoms with Crippen LogP contribution in [0.25, 0.3) is 0 Å². The molecule has 84 valence electrons. The Balaban J connectivity index is 3.08. The molecule has 1 nitrogen and oxygen atoms in total. The summed E-state index contributed by atoms with van der Waals surface area (Å²) in [5.41, 5.74) is -0.850. The van der Waals surface area contributed by atoms with E-state index in [1.807, 2.05) is 0 Å². The molecule has 0 saturated carbocycles. The molecule has 0 aliphatic carbocycles. The third-order valence-corrected chi connectivity index (χ3v) is 3.88. The van der Waals surface area contributed by atoms with Gasteiger partial charge in [0, 0.05) is 5.56 Å². The van der Waals surface area contributed by atoms with E-state index in [0.717, 1.165) is 0 Å². The number of alkyl halides is 4. The standard InChI is InChI=1S/C10H11F3IO/c1-9(2,15)7-5-3-4-6-8(7)14-10(11,12)13/h3-6,15H,1-2H3/q+1. The van der Waals surface area contributed by atoms with Crippen LogP contribution < -0.4 is 21.2 Å². The second kappa shape index (κ2) is 4.29. The number of aliphatic hydroxyl groups is 1. The molecule has 0 amide bonds. The summed E-state index contributed by atoms with van der Waals surface area (Å²) in [5.74, 6) is 0. The van der Waals surface area contributed by atoms with Crippen LogP contribution in [-0.4, -0.2) is 9.29 Å². The number of hydrogen-bond donors (Lipinski definition) is 1. The topological polar surface area (TPSA) is 20.2 Å². The van der Waals surface area contributed by atoms with E-state index in [4.69, 9.17) is 0 Å². The molecule has 0 bridgehead atoms. The Morgan fingerprint density at radius 3 is 2.13 bits per heavy atom. The highest BCUT2D eigenvalue weighted by atomic mass is 127. The smallest absolute Gasteiger partial charge is 0.386 e. The Kier molecular flexibility index (Phi) is 3.65. The minimum atomic E-state index is -4.14. The molecule has 5 heteroatoms. The van der Waals surface area contributed by atoms with E-state index in [1.54, 1.807) is 18.2 Å². The maximum Gasteiger partial charge on any atom is 0.609 e. The highest BCUT2D eigenvalue weighted by molar-refractivity contribution is 5.19. The summed E-state index contributed by atoms with van der Waals surface area (Å²) in [6.07, 6.45) is 0. The lowest BCUT2D eigenvalue weighted by atomic mass is 9.99. The minimum Gasteiger partial charge on any atom is -0.386 e. The van der Waals surface area contributed by atoms with Crippen molar-refractivity contribution in [3.8, 4) is 0 Å². The summed E-state index contributed by atoms with van der Waals surface area (Å²) >= 11 is -2.06. The van der Waals surface area contributed by atoms with Crippen LogP contribution in [0, 0.1) is 3.57 Å². The van der Waals surface area contributed by atoms with E-state index in [-0.39, 0.29) is 3.57 Å². The summed E-state index contributed by atoms with van der Waals surface area (Å²) < 4.78 is 32.9. The first-order valence-corrected chi connectivity index (χ1v) is 6.40. The van der Waals surface area contributed by atoms with Crippen LogP contribution >= 0.6 is 0 Å². The molecule has 1 N–H and O–H groups in total. The van der Waals surface area contributed by atoms with Gasteiger partial charge in [-0.05, 0) is 19.9 Å². The third kappa shape index (κ3) is 3.98. The SMILES string of the molecule is CC(C)(O)c1ccccc1[I+]C(F)(F)F. The average Bonchev–Trinajstić information content (AvgIpc) is 1.99. The fraction of sp³-hybridized carbons (Fsp3) is 0.400. The van der Waals surface area contributed by atoms with Crippen molar-refractivity contribution in [3.63, 3.8) is 0 Å². The summed E-state index contributed by atoms with van der Waals surface area (Å²) in [4.78, 5) is 0. The fourth-order valence-corrected chi connectivity index (χ4v) is 3.33. The molecule has 0 atom stereocenters. The Bertz CT molecular complexity index is 341. The van der Waals surface area contributed by atoms with Crippen LogP contribution in [0.4, 0.5) is 13.2 Å². The van der Waals surface area contributed by atoms with Gasteiger partial charge in [-0.3, -0.25) is 0 Å². The molecule has 0 aromatic heterocycles. The molecule has 1 aromatic rings. The fourth-order valence-electron chi connectivity index (χ4n) is 1.16. The van der Waals surface area contributed by atoms with Crippen molar-refractivity contribution >= 4 is 0 Å². The Morgan fingerprint density at radius 1 is 1.13 bits per heavy atom. The Hall–Kier alpha value is -0.300. The van der Waals surface area contributed by atoms with E-state index < -0.39 is 31.0 Å². The average molecular weight is 331 g/mol. The van der Waals surface area contributed by atoms with Crippen LogP contribution in [0.2, 0.25) is 0 Å². The van der Waals surface area contributed by atoms with Gasteiger partial charge in [-0.2, -0.15) is 0 Å². The maximum absolute atomic E-state index is 12.3. The van der Waals surface area contributed by atoms with Crippen molar-refractivity contribution in [2.75, 3.05) is 0 Å². The van der Waals surface area contributed by atoms with E-state index in [1.165, 1.54) is 19.9 Å². The second-order valence-electron chi connectivity index (χ2n) is 3.56. The molecule has 0 aliphatic rings. The van der Waals surface area contributed by atoms with Crippen molar-refractivity contribution < 1.29 is 39.5 Å². The lowest BCUT2D eigenvalue weighted by Gasteiger charge is -2.16. The number of rotatable bonds is 2. The first-order chi connectivity index (χ1) is 6.70. The van der Waals surface area contributed by atoms with Crippen molar-refractivity contribution in [2.24, 2.45) is 0 Å². The Labute approximate surface area is 96.6 Å². The second-order valence-corrected chi connectivity index (χ2v) is 6.49. The van der Waals surface area contributed by atoms with Crippen LogP contribution in [0.15, 0.2) is 24.3 Å². The van der Waals surface area contributed by atoms with Gasteiger partial charge in [0.15, 0.2) is 0 Å². The van der Waals surface area contributed by atoms with Gasteiger partial charge in [0.1, 0.15) is 0 Å². The van der Waals surface area contributed by atoms with E-state index in [2.05, 4.69) is 0 Å². The van der Waals surface area contributed by atoms with Crippen molar-refractivity contribution in [1.29, 1.82) is 0 Å². The van der Waals surface area contributed by atoms with Crippen molar-refractivity contribution in [3.05, 3.63) is 33.4 Å². The molecule has 1 rings (SSSR count). The van der Waals surface area contributed by atoms with Crippen LogP contribution in [0.5, 0.6) is 0 Å². The normalized spacial score (nSPS) is 12.9. The molecule has 0 aliphatic heterocycles. The molecule has 0 spiro atoms. The summed E-state index contributed by atoms with van der Waals surface area (Å²) in [5, 5.41) is 9.72. The quantitative estimate of drug-likeness (QED) is 0.583. The molecule has 0 saturated heterocycles. The predicted octanol–water partition coefficient (Wildman–Crippen LogP) is -0.308. The monoisotopic (exact) mass is 331 g/mol. The molecule has 15 heavy (non-hydrogen) atoms. The van der Waals surface area contributed by atoms with Crippen molar-refractivity contribution in [1.82, 2.24) is 0 Å². The Morgan fingerprint density at radius 2 is 1.67 bits per heavy atom. The van der Waals surface area contributed by atoms with Gasteiger partial charge in [-0.15, -0.1) is 13.2 Å². The number of hydrogen-bond acceptors (Lipinski definition) is 1. The predicted molar refractivity (Wildman–Crippen MR) is 46.4 cm³/mol. The largest absolute Gasteiger partial charge is 0.609 e. The van der Waals surface area contributed by atoms with Gasteiger partial charge in [-0.1, -0.05) is 18.2 Å². The zero-order valence-electron chi connectivity index (χ0n) is 8.27. The molecular formula is C10H11F3IO+. The van der Waals surface area contributed by atoms with Crippen molar-refractivity contribution in [2.45, 2.75) is 23.6 Å². The maximum atomic E-state index is 12.3. The molecule has 0 heterocycles. The minimum absolute atomic E-state index is 0.233. The molecule has 0 unspecified atom stereocenters. The highest BCUT2D eigenvalue weighted by Crippen LogP contribution is 2.18. The van der Waals surface area contributed by atoms with E-state index >= 15 is 0 Å². The number of halogens is 4. The van der Waals surface area contributed by atoms with Gasteiger partial charge in [0.2, 0.25) is 3.57 Å². The lowest BCUT2D eigenvalue weighted by Crippen LogP contribution is -3.67. The van der Waals surface area contributed by atoms with E-state index in [0.29, 0.717) is 5.56 Å². The lowest BCUT2D eigenvalue weighted by molar-refractivity contribution is -0.793. The van der Waals surface area contributed by atoms with Crippen LogP contribution in [0.1, 0.15) is 19.4 Å². The van der Waals surface area contributed by atoms with E-state index in [9.17, 15) is 18.3 Å². The zero-order chi connectivity index (χ0) is 11.7. The van der Waals surface area contributed by atoms with Crippen LogP contribution in [0.3, 0.4) is 0 Å². The van der Waals surface area contributed by atoms with Gasteiger partial charge >= 0.3 is 25.4 Å². The molecular weight excluding hydrogens is 320 g/mol. The summed E-state index contributed by atoms with van der Waals surface area (Å²) in [6.45, 7) is 2.98. The molecule has 0 radical (unpaired) electrons. The first-order valence-electron chi connectivity index (χ1n) is 4.25. The number of benzene rings is 1. The molecule has 0 fully saturated rings. The zero-order valence-corrected chi connectivity index (χ0v) is 10.4. The van der Waals surface area contributed by atoms with Gasteiger partial charge in [-0.25, -0.2) is 0 Å². The summed E-state index contributed by atoms with van der Waals surface area (Å²) in [6, 6.07) is 6.18. The third-order valence-electron chi connectivity index (χ3n) is 1.74. The van der Waals surface area contributed by atoms with Crippen LogP contribution in [-0.2, 0) is 5.60 Å².